The Bertz CT molecular complexity index is 326. The van der Waals surface area contributed by atoms with Crippen LogP contribution in [-0.4, -0.2) is 24.6 Å². The van der Waals surface area contributed by atoms with Gasteiger partial charge in [-0.15, -0.1) is 0 Å². The molecule has 4 nitrogen and oxygen atoms in total. The van der Waals surface area contributed by atoms with Crippen LogP contribution in [-0.2, 0) is 19.1 Å². The van der Waals surface area contributed by atoms with E-state index >= 15 is 0 Å². The number of ketones is 2. The minimum atomic E-state index is -0.842. The molecule has 1 unspecified atom stereocenters. The number of ether oxygens (including phenoxy) is 1. The molecule has 0 aliphatic heterocycles. The number of carbonyl (C=O) groups excluding carboxylic acids is 3. The first-order chi connectivity index (χ1) is 7.63. The van der Waals surface area contributed by atoms with Gasteiger partial charge in [0, 0.05) is 18.3 Å². The average molecular weight is 224 g/mol. The quantitative estimate of drug-likeness (QED) is 0.501. The first-order valence-electron chi connectivity index (χ1n) is 5.77. The summed E-state index contributed by atoms with van der Waals surface area (Å²) in [5.74, 6) is -1.35. The van der Waals surface area contributed by atoms with Gasteiger partial charge in [0.05, 0.1) is 7.11 Å². The predicted octanol–water partition coefficient (Wildman–Crippen LogP) is 1.12. The minimum Gasteiger partial charge on any atom is -0.468 e. The largest absolute Gasteiger partial charge is 0.468 e. The van der Waals surface area contributed by atoms with Crippen molar-refractivity contribution in [1.82, 2.24) is 0 Å². The zero-order chi connectivity index (χ0) is 11.7. The zero-order valence-electron chi connectivity index (χ0n) is 9.40. The molecule has 0 aromatic heterocycles. The van der Waals surface area contributed by atoms with Crippen molar-refractivity contribution in [3.05, 3.63) is 0 Å². The van der Waals surface area contributed by atoms with Crippen LogP contribution in [0.25, 0.3) is 0 Å². The van der Waals surface area contributed by atoms with E-state index in [2.05, 4.69) is 4.74 Å². The molecule has 0 amide bonds. The molecule has 0 spiro atoms. The topological polar surface area (TPSA) is 60.4 Å². The molecule has 2 aliphatic rings. The molecule has 0 radical (unpaired) electrons. The van der Waals surface area contributed by atoms with Crippen LogP contribution in [0.1, 0.15) is 32.1 Å². The van der Waals surface area contributed by atoms with E-state index < -0.39 is 11.9 Å². The second kappa shape index (κ2) is 4.36. The standard InChI is InChI=1S/C12H16O4/c1-16-12(15)9(11(14)8-4-5-8)6-10(13)7-2-3-7/h7-9H,2-6H2,1H3. The van der Waals surface area contributed by atoms with E-state index in [9.17, 15) is 14.4 Å². The molecule has 2 fully saturated rings. The van der Waals surface area contributed by atoms with E-state index in [0.717, 1.165) is 25.7 Å². The Morgan fingerprint density at radius 3 is 2.12 bits per heavy atom. The fourth-order valence-corrected chi connectivity index (χ4v) is 1.87. The fourth-order valence-electron chi connectivity index (χ4n) is 1.87. The molecule has 88 valence electrons. The van der Waals surface area contributed by atoms with Gasteiger partial charge < -0.3 is 4.74 Å². The third-order valence-electron chi connectivity index (χ3n) is 3.25. The van der Waals surface area contributed by atoms with Gasteiger partial charge in [-0.2, -0.15) is 0 Å². The van der Waals surface area contributed by atoms with Crippen molar-refractivity contribution in [3.63, 3.8) is 0 Å². The molecule has 0 N–H and O–H groups in total. The minimum absolute atomic E-state index is 0.00361. The fraction of sp³-hybridized carbons (Fsp3) is 0.750. The molecule has 0 aromatic carbocycles. The molecular weight excluding hydrogens is 208 g/mol. The second-order valence-electron chi connectivity index (χ2n) is 4.70. The molecule has 0 bridgehead atoms. The van der Waals surface area contributed by atoms with E-state index in [1.54, 1.807) is 0 Å². The number of rotatable bonds is 6. The maximum absolute atomic E-state index is 11.8. The SMILES string of the molecule is COC(=O)C(CC(=O)C1CC1)C(=O)C1CC1. The summed E-state index contributed by atoms with van der Waals surface area (Å²) in [6, 6.07) is 0. The molecule has 0 aromatic rings. The van der Waals surface area contributed by atoms with Crippen LogP contribution >= 0.6 is 0 Å². The lowest BCUT2D eigenvalue weighted by Crippen LogP contribution is -2.29. The summed E-state index contributed by atoms with van der Waals surface area (Å²) in [4.78, 5) is 34.9. The Hall–Kier alpha value is -1.19. The van der Waals surface area contributed by atoms with Gasteiger partial charge >= 0.3 is 5.97 Å². The summed E-state index contributed by atoms with van der Waals surface area (Å²) in [6.45, 7) is 0. The summed E-state index contributed by atoms with van der Waals surface area (Å²) >= 11 is 0. The van der Waals surface area contributed by atoms with Crippen molar-refractivity contribution < 1.29 is 19.1 Å². The van der Waals surface area contributed by atoms with E-state index in [4.69, 9.17) is 0 Å². The van der Waals surface area contributed by atoms with E-state index in [-0.39, 0.29) is 29.8 Å². The normalized spacial score (nSPS) is 21.3. The maximum Gasteiger partial charge on any atom is 0.316 e. The maximum atomic E-state index is 11.8. The van der Waals surface area contributed by atoms with Crippen LogP contribution in [0.2, 0.25) is 0 Å². The van der Waals surface area contributed by atoms with Gasteiger partial charge in [-0.3, -0.25) is 14.4 Å². The zero-order valence-corrected chi connectivity index (χ0v) is 9.40. The van der Waals surface area contributed by atoms with Gasteiger partial charge in [0.15, 0.2) is 5.78 Å². The molecular formula is C12H16O4. The highest BCUT2D eigenvalue weighted by Crippen LogP contribution is 2.36. The van der Waals surface area contributed by atoms with Crippen molar-refractivity contribution in [2.45, 2.75) is 32.1 Å². The van der Waals surface area contributed by atoms with Crippen molar-refractivity contribution >= 4 is 17.5 Å². The molecule has 2 rings (SSSR count). The van der Waals surface area contributed by atoms with Crippen molar-refractivity contribution in [2.24, 2.45) is 17.8 Å². The smallest absolute Gasteiger partial charge is 0.316 e. The van der Waals surface area contributed by atoms with Crippen LogP contribution < -0.4 is 0 Å². The number of methoxy groups -OCH3 is 1. The van der Waals surface area contributed by atoms with Crippen LogP contribution in [0.15, 0.2) is 0 Å². The van der Waals surface area contributed by atoms with Crippen molar-refractivity contribution in [2.75, 3.05) is 7.11 Å². The van der Waals surface area contributed by atoms with Gasteiger partial charge in [-0.05, 0) is 25.7 Å². The highest BCUT2D eigenvalue weighted by atomic mass is 16.5. The van der Waals surface area contributed by atoms with Gasteiger partial charge in [0.25, 0.3) is 0 Å². The van der Waals surface area contributed by atoms with Gasteiger partial charge in [-0.25, -0.2) is 0 Å². The van der Waals surface area contributed by atoms with E-state index in [1.165, 1.54) is 7.11 Å². The van der Waals surface area contributed by atoms with E-state index in [0.29, 0.717) is 0 Å². The Morgan fingerprint density at radius 2 is 1.69 bits per heavy atom. The number of hydrogen-bond donors (Lipinski definition) is 0. The molecule has 0 heterocycles. The van der Waals surface area contributed by atoms with Gasteiger partial charge in [0.2, 0.25) is 0 Å². The highest BCUT2D eigenvalue weighted by Gasteiger charge is 2.41. The Morgan fingerprint density at radius 1 is 1.12 bits per heavy atom. The van der Waals surface area contributed by atoms with Crippen LogP contribution in [0.3, 0.4) is 0 Å². The third-order valence-corrected chi connectivity index (χ3v) is 3.25. The summed E-state index contributed by atoms with van der Waals surface area (Å²) in [5.41, 5.74) is 0. The van der Waals surface area contributed by atoms with Crippen LogP contribution in [0.5, 0.6) is 0 Å². The molecule has 4 heteroatoms. The lowest BCUT2D eigenvalue weighted by atomic mass is 9.93. The van der Waals surface area contributed by atoms with Crippen molar-refractivity contribution in [3.8, 4) is 0 Å². The monoisotopic (exact) mass is 224 g/mol. The Balaban J connectivity index is 1.97. The van der Waals surface area contributed by atoms with Gasteiger partial charge in [0.1, 0.15) is 11.7 Å². The van der Waals surface area contributed by atoms with E-state index in [1.807, 2.05) is 0 Å². The first-order valence-corrected chi connectivity index (χ1v) is 5.77. The summed E-state index contributed by atoms with van der Waals surface area (Å²) in [6.07, 6.45) is 3.56. The summed E-state index contributed by atoms with van der Waals surface area (Å²) in [5, 5.41) is 0. The Labute approximate surface area is 94.3 Å². The van der Waals surface area contributed by atoms with Crippen LogP contribution in [0.4, 0.5) is 0 Å². The number of carbonyl (C=O) groups is 3. The third kappa shape index (κ3) is 2.49. The highest BCUT2D eigenvalue weighted by molar-refractivity contribution is 6.04. The van der Waals surface area contributed by atoms with Crippen LogP contribution in [0, 0.1) is 17.8 Å². The molecule has 16 heavy (non-hydrogen) atoms. The number of Topliss-reactive ketones (excluding diaryl/α,β-unsaturated/α-hetero) is 2. The van der Waals surface area contributed by atoms with Gasteiger partial charge in [-0.1, -0.05) is 0 Å². The number of hydrogen-bond acceptors (Lipinski definition) is 4. The molecule has 1 atom stereocenters. The predicted molar refractivity (Wildman–Crippen MR) is 55.6 cm³/mol. The lowest BCUT2D eigenvalue weighted by Gasteiger charge is -2.12. The molecule has 0 saturated heterocycles. The average Bonchev–Trinajstić information content (AvgIpc) is 3.14. The second-order valence-corrected chi connectivity index (χ2v) is 4.70. The van der Waals surface area contributed by atoms with Crippen molar-refractivity contribution in [1.29, 1.82) is 0 Å². The molecule has 2 saturated carbocycles. The number of esters is 1. The summed E-state index contributed by atoms with van der Waals surface area (Å²) < 4.78 is 4.60. The first kappa shape index (κ1) is 11.3. The summed E-state index contributed by atoms with van der Waals surface area (Å²) in [7, 11) is 1.26. The lowest BCUT2D eigenvalue weighted by molar-refractivity contribution is -0.151. The molecule has 2 aliphatic carbocycles. The Kier molecular flexibility index (Phi) is 3.08.